The predicted molar refractivity (Wildman–Crippen MR) is 92.8 cm³/mol. The third-order valence-corrected chi connectivity index (χ3v) is 4.52. The number of nitrogens with one attached hydrogen (secondary N) is 3. The van der Waals surface area contributed by atoms with Crippen molar-refractivity contribution in [3.8, 4) is 0 Å². The van der Waals surface area contributed by atoms with Crippen molar-refractivity contribution in [1.82, 2.24) is 15.8 Å². The molecule has 4 amide bonds. The van der Waals surface area contributed by atoms with Gasteiger partial charge in [-0.3, -0.25) is 0 Å². The highest BCUT2D eigenvalue weighted by Gasteiger charge is 2.55. The Morgan fingerprint density at radius 1 is 1.25 bits per heavy atom. The minimum atomic E-state index is -1.18. The maximum absolute atomic E-state index is 12.2. The molecular weight excluding hydrogens is 307 g/mol. The van der Waals surface area contributed by atoms with Crippen LogP contribution in [0.3, 0.4) is 0 Å². The van der Waals surface area contributed by atoms with Gasteiger partial charge in [-0.2, -0.15) is 0 Å². The molecule has 1 aliphatic rings. The summed E-state index contributed by atoms with van der Waals surface area (Å²) in [6.07, 6.45) is -1.18. The number of rotatable bonds is 4. The molecule has 0 spiro atoms. The number of urea groups is 2. The number of aliphatic hydroxyl groups excluding tert-OH is 1. The van der Waals surface area contributed by atoms with Crippen LogP contribution in [-0.4, -0.2) is 41.8 Å². The van der Waals surface area contributed by atoms with Crippen LogP contribution in [-0.2, 0) is 0 Å². The van der Waals surface area contributed by atoms with Crippen LogP contribution < -0.4 is 21.5 Å². The zero-order chi connectivity index (χ0) is 18.1. The van der Waals surface area contributed by atoms with Crippen molar-refractivity contribution in [1.29, 1.82) is 0 Å². The van der Waals surface area contributed by atoms with E-state index < -0.39 is 23.8 Å². The van der Waals surface area contributed by atoms with Gasteiger partial charge in [0.1, 0.15) is 7.85 Å². The van der Waals surface area contributed by atoms with Crippen molar-refractivity contribution in [3.05, 3.63) is 24.3 Å². The number of aliphatic hydroxyl groups is 1. The summed E-state index contributed by atoms with van der Waals surface area (Å²) in [5.41, 5.74) is 2.65. The smallest absolute Gasteiger partial charge is 0.339 e. The van der Waals surface area contributed by atoms with Crippen LogP contribution in [0.4, 0.5) is 15.3 Å². The van der Waals surface area contributed by atoms with Crippen LogP contribution in [0.2, 0.25) is 0 Å². The van der Waals surface area contributed by atoms with Crippen molar-refractivity contribution in [3.63, 3.8) is 0 Å². The third kappa shape index (κ3) is 3.19. The molecule has 4 N–H and O–H groups in total. The van der Waals surface area contributed by atoms with Crippen LogP contribution in [0.5, 0.6) is 0 Å². The van der Waals surface area contributed by atoms with E-state index in [9.17, 15) is 14.7 Å². The lowest BCUT2D eigenvalue weighted by Crippen LogP contribution is -2.59. The van der Waals surface area contributed by atoms with Gasteiger partial charge in [-0.05, 0) is 24.0 Å². The highest BCUT2D eigenvalue weighted by molar-refractivity contribution is 6.32. The number of benzene rings is 1. The monoisotopic (exact) mass is 330 g/mol. The van der Waals surface area contributed by atoms with Crippen molar-refractivity contribution in [2.24, 2.45) is 11.8 Å². The Morgan fingerprint density at radius 2 is 1.79 bits per heavy atom. The molecule has 0 aliphatic carbocycles. The number of amides is 4. The van der Waals surface area contributed by atoms with Gasteiger partial charge in [-0.1, -0.05) is 45.3 Å². The van der Waals surface area contributed by atoms with E-state index in [1.54, 1.807) is 24.3 Å². The Labute approximate surface area is 143 Å². The van der Waals surface area contributed by atoms with Crippen molar-refractivity contribution in [2.75, 3.05) is 5.32 Å². The van der Waals surface area contributed by atoms with Gasteiger partial charge >= 0.3 is 12.1 Å². The summed E-state index contributed by atoms with van der Waals surface area (Å²) in [7, 11) is 5.59. The van der Waals surface area contributed by atoms with Crippen LogP contribution in [0, 0.1) is 11.8 Å². The number of hydrogen-bond donors (Lipinski definition) is 4. The zero-order valence-corrected chi connectivity index (χ0v) is 14.3. The van der Waals surface area contributed by atoms with E-state index in [0.717, 1.165) is 5.01 Å². The van der Waals surface area contributed by atoms with E-state index in [-0.39, 0.29) is 11.8 Å². The lowest BCUT2D eigenvalue weighted by Gasteiger charge is -2.40. The minimum absolute atomic E-state index is 0.0246. The number of carbonyl (C=O) groups is 2. The molecular formula is C16H23BN4O3. The maximum Gasteiger partial charge on any atom is 0.339 e. The van der Waals surface area contributed by atoms with Crippen molar-refractivity contribution in [2.45, 2.75) is 39.5 Å². The van der Waals surface area contributed by atoms with E-state index in [2.05, 4.69) is 16.1 Å². The van der Waals surface area contributed by atoms with Crippen LogP contribution in [0.1, 0.15) is 27.7 Å². The van der Waals surface area contributed by atoms with E-state index in [4.69, 9.17) is 7.85 Å². The van der Waals surface area contributed by atoms with Gasteiger partial charge in [-0.15, -0.1) is 0 Å². The molecule has 8 heteroatoms. The van der Waals surface area contributed by atoms with Gasteiger partial charge in [-0.25, -0.2) is 20.0 Å². The number of hydrogen-bond acceptors (Lipinski definition) is 3. The zero-order valence-electron chi connectivity index (χ0n) is 14.3. The molecule has 1 atom stereocenters. The first-order valence-electron chi connectivity index (χ1n) is 7.91. The molecule has 1 aromatic rings. The van der Waals surface area contributed by atoms with Gasteiger partial charge < -0.3 is 15.7 Å². The lowest BCUT2D eigenvalue weighted by molar-refractivity contribution is -0.0493. The van der Waals surface area contributed by atoms with Gasteiger partial charge in [0.15, 0.2) is 6.23 Å². The largest absolute Gasteiger partial charge is 0.369 e. The van der Waals surface area contributed by atoms with Crippen molar-refractivity contribution >= 4 is 31.1 Å². The first kappa shape index (κ1) is 18.1. The first-order valence-corrected chi connectivity index (χ1v) is 7.91. The van der Waals surface area contributed by atoms with Crippen LogP contribution in [0.15, 0.2) is 24.3 Å². The van der Waals surface area contributed by atoms with E-state index in [1.807, 2.05) is 27.7 Å². The topological polar surface area (TPSA) is 93.7 Å². The molecule has 1 aliphatic heterocycles. The quantitative estimate of drug-likeness (QED) is 0.618. The minimum Gasteiger partial charge on any atom is -0.369 e. The Balaban J connectivity index is 2.10. The SMILES string of the molecule is [B]c1ccc(NC(=O)NN2C(=O)NC(C(C)C)(C(C)C)C2O)cc1. The number of hydrazine groups is 1. The first-order chi connectivity index (χ1) is 11.2. The molecule has 1 heterocycles. The fourth-order valence-corrected chi connectivity index (χ4v) is 3.13. The van der Waals surface area contributed by atoms with E-state index >= 15 is 0 Å². The summed E-state index contributed by atoms with van der Waals surface area (Å²) >= 11 is 0. The fourth-order valence-electron chi connectivity index (χ4n) is 3.13. The van der Waals surface area contributed by atoms with Gasteiger partial charge in [0.2, 0.25) is 0 Å². The van der Waals surface area contributed by atoms with Crippen molar-refractivity contribution < 1.29 is 14.7 Å². The summed E-state index contributed by atoms with van der Waals surface area (Å²) in [5, 5.41) is 17.0. The highest BCUT2D eigenvalue weighted by atomic mass is 16.3. The third-order valence-electron chi connectivity index (χ3n) is 4.52. The molecule has 7 nitrogen and oxygen atoms in total. The molecule has 0 saturated carbocycles. The summed E-state index contributed by atoms with van der Waals surface area (Å²) in [6, 6.07) is 5.41. The Morgan fingerprint density at radius 3 is 2.25 bits per heavy atom. The van der Waals surface area contributed by atoms with Gasteiger partial charge in [0.25, 0.3) is 0 Å². The summed E-state index contributed by atoms with van der Waals surface area (Å²) < 4.78 is 0. The number of nitrogens with zero attached hydrogens (tertiary/aromatic N) is 1. The number of carbonyl (C=O) groups excluding carboxylic acids is 2. The van der Waals surface area contributed by atoms with Gasteiger partial charge in [0.05, 0.1) is 5.54 Å². The van der Waals surface area contributed by atoms with Crippen LogP contribution in [0.25, 0.3) is 0 Å². The molecule has 0 aromatic heterocycles. The van der Waals surface area contributed by atoms with Crippen LogP contribution >= 0.6 is 0 Å². The fraction of sp³-hybridized carbons (Fsp3) is 0.500. The molecule has 1 aromatic carbocycles. The van der Waals surface area contributed by atoms with Gasteiger partial charge in [0, 0.05) is 5.69 Å². The molecule has 128 valence electrons. The average molecular weight is 330 g/mol. The molecule has 2 rings (SSSR count). The summed E-state index contributed by atoms with van der Waals surface area (Å²) in [4.78, 5) is 24.3. The predicted octanol–water partition coefficient (Wildman–Crippen LogP) is 0.911. The lowest BCUT2D eigenvalue weighted by atomic mass is 9.76. The normalized spacial score (nSPS) is 19.5. The van der Waals surface area contributed by atoms with E-state index in [0.29, 0.717) is 11.2 Å². The highest BCUT2D eigenvalue weighted by Crippen LogP contribution is 2.35. The second-order valence-electron chi connectivity index (χ2n) is 6.60. The molecule has 2 radical (unpaired) electrons. The molecule has 24 heavy (non-hydrogen) atoms. The molecule has 1 unspecified atom stereocenters. The van der Waals surface area contributed by atoms with E-state index in [1.165, 1.54) is 0 Å². The summed E-state index contributed by atoms with van der Waals surface area (Å²) in [5.74, 6) is -0.0492. The Hall–Kier alpha value is -2.22. The molecule has 1 fully saturated rings. The molecule has 1 saturated heterocycles. The number of anilines is 1. The second-order valence-corrected chi connectivity index (χ2v) is 6.60. The Kier molecular flexibility index (Phi) is 5.08. The maximum atomic E-state index is 12.2. The summed E-state index contributed by atoms with van der Waals surface area (Å²) in [6.45, 7) is 7.67. The Bertz CT molecular complexity index is 610. The standard InChI is InChI=1S/C16H23BN4O3/c1-9(2)16(10(3)4)13(22)21(15(24)19-16)20-14(23)18-12-7-5-11(17)6-8-12/h5-10,13,22H,1-4H3,(H,19,24)(H2,18,20,23). The average Bonchev–Trinajstić information content (AvgIpc) is 2.75. The second kappa shape index (κ2) is 6.72. The molecule has 0 bridgehead atoms.